The lowest BCUT2D eigenvalue weighted by Gasteiger charge is -2.40. The number of anilines is 1. The Morgan fingerprint density at radius 3 is 2.84 bits per heavy atom. The van der Waals surface area contributed by atoms with Crippen LogP contribution in [0.4, 0.5) is 10.5 Å². The van der Waals surface area contributed by atoms with Crippen LogP contribution < -0.4 is 15.4 Å². The van der Waals surface area contributed by atoms with Gasteiger partial charge in [0, 0.05) is 31.2 Å². The number of hydrogen-bond acceptors (Lipinski definition) is 6. The maximum absolute atomic E-state index is 12.8. The average Bonchev–Trinajstić information content (AvgIpc) is 3.48. The monoisotopic (exact) mass is 425 g/mol. The lowest BCUT2D eigenvalue weighted by atomic mass is 10.0. The van der Waals surface area contributed by atoms with Gasteiger partial charge in [0.15, 0.2) is 0 Å². The van der Waals surface area contributed by atoms with E-state index in [9.17, 15) is 9.59 Å². The number of amides is 3. The summed E-state index contributed by atoms with van der Waals surface area (Å²) in [7, 11) is 0. The summed E-state index contributed by atoms with van der Waals surface area (Å²) in [5.74, 6) is 1.25. The van der Waals surface area contributed by atoms with Crippen molar-refractivity contribution in [3.05, 3.63) is 29.7 Å². The number of aromatic nitrogens is 1. The van der Waals surface area contributed by atoms with Crippen molar-refractivity contribution in [2.24, 2.45) is 0 Å². The molecule has 3 heterocycles. The largest absolute Gasteiger partial charge is 0.490 e. The Balaban J connectivity index is 1.36. The van der Waals surface area contributed by atoms with E-state index in [-0.39, 0.29) is 24.5 Å². The Morgan fingerprint density at radius 1 is 1.26 bits per heavy atom. The molecule has 3 amide bonds. The van der Waals surface area contributed by atoms with Crippen LogP contribution in [-0.4, -0.2) is 71.8 Å². The van der Waals surface area contributed by atoms with Crippen LogP contribution in [0.5, 0.6) is 5.75 Å². The van der Waals surface area contributed by atoms with Gasteiger partial charge in [0.05, 0.1) is 24.0 Å². The molecule has 1 aliphatic carbocycles. The molecule has 5 rings (SSSR count). The van der Waals surface area contributed by atoms with Crippen LogP contribution in [0.3, 0.4) is 0 Å². The number of hydrogen-bond donors (Lipinski definition) is 2. The van der Waals surface area contributed by atoms with Crippen molar-refractivity contribution in [2.75, 3.05) is 38.1 Å². The third-order valence-corrected chi connectivity index (χ3v) is 6.15. The molecule has 3 aliphatic rings. The quantitative estimate of drug-likeness (QED) is 0.765. The van der Waals surface area contributed by atoms with Crippen molar-refractivity contribution >= 4 is 17.6 Å². The fourth-order valence-electron chi connectivity index (χ4n) is 4.30. The molecule has 164 valence electrons. The van der Waals surface area contributed by atoms with Crippen LogP contribution in [0.1, 0.15) is 24.3 Å². The van der Waals surface area contributed by atoms with E-state index in [2.05, 4.69) is 20.7 Å². The number of carbonyl (C=O) groups is 2. The highest BCUT2D eigenvalue weighted by atomic mass is 16.5. The summed E-state index contributed by atoms with van der Waals surface area (Å²) in [6, 6.07) is 5.98. The van der Waals surface area contributed by atoms with E-state index < -0.39 is 0 Å². The zero-order valence-corrected chi connectivity index (χ0v) is 17.8. The van der Waals surface area contributed by atoms with Crippen molar-refractivity contribution in [1.82, 2.24) is 20.3 Å². The third kappa shape index (κ3) is 4.10. The summed E-state index contributed by atoms with van der Waals surface area (Å²) in [4.78, 5) is 29.2. The minimum Gasteiger partial charge on any atom is -0.490 e. The molecule has 2 N–H and O–H groups in total. The molecule has 31 heavy (non-hydrogen) atoms. The maximum atomic E-state index is 12.8. The minimum absolute atomic E-state index is 0.0176. The Labute approximate surface area is 180 Å². The smallest absolute Gasteiger partial charge is 0.317 e. The first kappa shape index (κ1) is 19.9. The molecule has 1 saturated heterocycles. The van der Waals surface area contributed by atoms with Crippen molar-refractivity contribution in [2.45, 2.75) is 38.8 Å². The number of piperazine rings is 1. The summed E-state index contributed by atoms with van der Waals surface area (Å²) in [6.07, 6.45) is 2.12. The Kier molecular flexibility index (Phi) is 5.05. The first-order valence-electron chi connectivity index (χ1n) is 10.8. The molecule has 0 bridgehead atoms. The number of nitrogens with zero attached hydrogens (tertiary/aromatic N) is 3. The van der Waals surface area contributed by atoms with Crippen molar-refractivity contribution in [1.29, 1.82) is 0 Å². The van der Waals surface area contributed by atoms with Crippen molar-refractivity contribution < 1.29 is 18.8 Å². The topological polar surface area (TPSA) is 99.9 Å². The molecule has 9 heteroatoms. The molecular formula is C22H27N5O4. The van der Waals surface area contributed by atoms with Gasteiger partial charge in [-0.15, -0.1) is 0 Å². The fraction of sp³-hybridized carbons (Fsp3) is 0.500. The molecule has 2 aromatic rings. The van der Waals surface area contributed by atoms with Crippen molar-refractivity contribution in [3.8, 4) is 16.9 Å². The van der Waals surface area contributed by atoms with Gasteiger partial charge in [0.2, 0.25) is 5.91 Å². The van der Waals surface area contributed by atoms with E-state index in [1.807, 2.05) is 36.9 Å². The molecule has 1 atom stereocenters. The van der Waals surface area contributed by atoms with Gasteiger partial charge >= 0.3 is 6.03 Å². The van der Waals surface area contributed by atoms with Gasteiger partial charge in [-0.2, -0.15) is 0 Å². The maximum Gasteiger partial charge on any atom is 0.317 e. The SMILES string of the molecule is Cc1noc(C)c1-c1ccc2c(c1)NC(=O)CN1CCN(C(=O)NC3CC3)C[C@@H]1CO2. The molecule has 1 saturated carbocycles. The van der Waals surface area contributed by atoms with E-state index in [0.29, 0.717) is 43.7 Å². The van der Waals surface area contributed by atoms with Crippen LogP contribution >= 0.6 is 0 Å². The molecule has 1 aromatic carbocycles. The van der Waals surface area contributed by atoms with E-state index in [1.165, 1.54) is 0 Å². The summed E-state index contributed by atoms with van der Waals surface area (Å²) in [5, 5.41) is 10.1. The van der Waals surface area contributed by atoms with Gasteiger partial charge in [-0.3, -0.25) is 9.69 Å². The van der Waals surface area contributed by atoms with E-state index in [1.54, 1.807) is 0 Å². The average molecular weight is 425 g/mol. The normalized spacial score (nSPS) is 21.7. The second kappa shape index (κ2) is 7.88. The number of aryl methyl sites for hydroxylation is 2. The van der Waals surface area contributed by atoms with E-state index >= 15 is 0 Å². The molecule has 2 aliphatic heterocycles. The van der Waals surface area contributed by atoms with Crippen LogP contribution in [0.2, 0.25) is 0 Å². The number of benzene rings is 1. The molecular weight excluding hydrogens is 398 g/mol. The van der Waals surface area contributed by atoms with E-state index in [4.69, 9.17) is 9.26 Å². The van der Waals surface area contributed by atoms with Gasteiger partial charge in [-0.25, -0.2) is 4.79 Å². The second-order valence-electron chi connectivity index (χ2n) is 8.56. The number of nitrogens with one attached hydrogen (secondary N) is 2. The summed E-state index contributed by atoms with van der Waals surface area (Å²) in [5.41, 5.74) is 3.27. The van der Waals surface area contributed by atoms with Gasteiger partial charge in [0.25, 0.3) is 0 Å². The first-order chi connectivity index (χ1) is 15.0. The van der Waals surface area contributed by atoms with Gasteiger partial charge in [-0.1, -0.05) is 11.2 Å². The van der Waals surface area contributed by atoms with Crippen LogP contribution in [0.15, 0.2) is 22.7 Å². The summed E-state index contributed by atoms with van der Waals surface area (Å²) >= 11 is 0. The Hall–Kier alpha value is -3.07. The zero-order chi connectivity index (χ0) is 21.5. The first-order valence-corrected chi connectivity index (χ1v) is 10.8. The summed E-state index contributed by atoms with van der Waals surface area (Å²) < 4.78 is 11.4. The third-order valence-electron chi connectivity index (χ3n) is 6.15. The van der Waals surface area contributed by atoms with Crippen LogP contribution in [-0.2, 0) is 4.79 Å². The Bertz CT molecular complexity index is 996. The van der Waals surface area contributed by atoms with Crippen LogP contribution in [0.25, 0.3) is 11.1 Å². The van der Waals surface area contributed by atoms with E-state index in [0.717, 1.165) is 35.4 Å². The number of carbonyl (C=O) groups excluding carboxylic acids is 2. The highest BCUT2D eigenvalue weighted by molar-refractivity contribution is 5.95. The summed E-state index contributed by atoms with van der Waals surface area (Å²) in [6.45, 7) is 6.21. The molecule has 2 fully saturated rings. The van der Waals surface area contributed by atoms with Gasteiger partial charge in [0.1, 0.15) is 18.1 Å². The number of rotatable bonds is 2. The van der Waals surface area contributed by atoms with Gasteiger partial charge in [-0.05, 0) is 44.4 Å². The predicted molar refractivity (Wildman–Crippen MR) is 114 cm³/mol. The molecule has 0 radical (unpaired) electrons. The molecule has 9 nitrogen and oxygen atoms in total. The minimum atomic E-state index is -0.0939. The highest BCUT2D eigenvalue weighted by Crippen LogP contribution is 2.34. The second-order valence-corrected chi connectivity index (χ2v) is 8.56. The lowest BCUT2D eigenvalue weighted by molar-refractivity contribution is -0.118. The highest BCUT2D eigenvalue weighted by Gasteiger charge is 2.34. The molecule has 0 unspecified atom stereocenters. The number of urea groups is 1. The Morgan fingerprint density at radius 2 is 2.10 bits per heavy atom. The van der Waals surface area contributed by atoms with Crippen molar-refractivity contribution in [3.63, 3.8) is 0 Å². The predicted octanol–water partition coefficient (Wildman–Crippen LogP) is 2.15. The van der Waals surface area contributed by atoms with Crippen LogP contribution in [0, 0.1) is 13.8 Å². The standard InChI is InChI=1S/C22H27N5O4/c1-13-21(14(2)31-25-13)15-3-6-19-18(9-15)24-20(28)11-26-7-8-27(10-17(26)12-30-19)22(29)23-16-4-5-16/h3,6,9,16-17H,4-5,7-8,10-12H2,1-2H3,(H,23,29)(H,24,28)/t17-/m1/s1. The fourth-order valence-corrected chi connectivity index (χ4v) is 4.30. The number of fused-ring (bicyclic) bond motifs is 2. The lowest BCUT2D eigenvalue weighted by Crippen LogP contribution is -2.59. The van der Waals surface area contributed by atoms with Gasteiger partial charge < -0.3 is 24.8 Å². The number of ether oxygens (including phenoxy) is 1. The zero-order valence-electron chi connectivity index (χ0n) is 17.8. The molecule has 0 spiro atoms. The molecule has 1 aromatic heterocycles.